The van der Waals surface area contributed by atoms with Crippen molar-refractivity contribution in [2.45, 2.75) is 0 Å². The van der Waals surface area contributed by atoms with Crippen molar-refractivity contribution in [3.8, 4) is 11.4 Å². The zero-order valence-electron chi connectivity index (χ0n) is 7.47. The largest absolute Gasteiger partial charge is 0.497 e. The number of hydrogen-bond acceptors (Lipinski definition) is 4. The molecule has 1 aromatic carbocycles. The van der Waals surface area contributed by atoms with Gasteiger partial charge in [0.05, 0.1) is 12.8 Å². The molecule has 0 saturated carbocycles. The summed E-state index contributed by atoms with van der Waals surface area (Å²) >= 11 is 4.96. The third-order valence-electron chi connectivity index (χ3n) is 1.78. The van der Waals surface area contributed by atoms with Crippen molar-refractivity contribution >= 4 is 12.2 Å². The van der Waals surface area contributed by atoms with Crippen LogP contribution in [0.1, 0.15) is 0 Å². The first-order valence-electron chi connectivity index (χ1n) is 3.96. The molecule has 0 amide bonds. The highest BCUT2D eigenvalue weighted by Gasteiger charge is 2.00. The van der Waals surface area contributed by atoms with E-state index in [1.807, 2.05) is 24.3 Å². The maximum Gasteiger partial charge on any atom is 0.242 e. The van der Waals surface area contributed by atoms with Gasteiger partial charge >= 0.3 is 0 Å². The monoisotopic (exact) mass is 208 g/mol. The van der Waals surface area contributed by atoms with E-state index in [-0.39, 0.29) is 0 Å². The summed E-state index contributed by atoms with van der Waals surface area (Å²) in [4.78, 5) is 0. The summed E-state index contributed by atoms with van der Waals surface area (Å²) in [6, 6.07) is 7.46. The maximum atomic E-state index is 5.09. The zero-order valence-corrected chi connectivity index (χ0v) is 8.28. The number of rotatable bonds is 2. The Kier molecular flexibility index (Phi) is 2.28. The van der Waals surface area contributed by atoms with E-state index in [0.717, 1.165) is 11.4 Å². The maximum absolute atomic E-state index is 5.09. The Bertz CT molecular complexity index is 490. The molecule has 0 aliphatic heterocycles. The van der Waals surface area contributed by atoms with E-state index in [1.54, 1.807) is 11.8 Å². The third-order valence-corrected chi connectivity index (χ3v) is 2.05. The number of H-pyrrole nitrogens is 1. The normalized spacial score (nSPS) is 10.1. The summed E-state index contributed by atoms with van der Waals surface area (Å²) in [5.41, 5.74) is 0.847. The molecule has 2 rings (SSSR count). The van der Waals surface area contributed by atoms with Crippen LogP contribution in [0.3, 0.4) is 0 Å². The van der Waals surface area contributed by atoms with Crippen LogP contribution in [0.25, 0.3) is 5.69 Å². The first-order chi connectivity index (χ1) is 6.81. The van der Waals surface area contributed by atoms with Gasteiger partial charge < -0.3 is 4.74 Å². The van der Waals surface area contributed by atoms with Gasteiger partial charge in [0.1, 0.15) is 5.75 Å². The summed E-state index contributed by atoms with van der Waals surface area (Å²) in [5.74, 6) is 0.763. The van der Waals surface area contributed by atoms with Gasteiger partial charge in [-0.3, -0.25) is 0 Å². The van der Waals surface area contributed by atoms with Gasteiger partial charge in [-0.2, -0.15) is 5.21 Å². The number of methoxy groups -OCH3 is 1. The molecule has 1 aromatic heterocycles. The number of tetrazole rings is 1. The number of ether oxygens (including phenoxy) is 1. The van der Waals surface area contributed by atoms with Gasteiger partial charge in [-0.25, -0.2) is 4.68 Å². The summed E-state index contributed by atoms with van der Waals surface area (Å²) in [6.07, 6.45) is 0. The number of hydrogen-bond donors (Lipinski definition) is 1. The van der Waals surface area contributed by atoms with E-state index in [0.29, 0.717) is 4.77 Å². The molecule has 0 radical (unpaired) electrons. The minimum Gasteiger partial charge on any atom is -0.497 e. The lowest BCUT2D eigenvalue weighted by molar-refractivity contribution is 0.414. The lowest BCUT2D eigenvalue weighted by Crippen LogP contribution is -1.97. The van der Waals surface area contributed by atoms with Crippen LogP contribution in [-0.4, -0.2) is 27.3 Å². The smallest absolute Gasteiger partial charge is 0.242 e. The lowest BCUT2D eigenvalue weighted by atomic mass is 10.3. The first kappa shape index (κ1) is 8.89. The van der Waals surface area contributed by atoms with Crippen LogP contribution in [0.5, 0.6) is 5.75 Å². The molecule has 72 valence electrons. The van der Waals surface area contributed by atoms with Crippen molar-refractivity contribution in [3.63, 3.8) is 0 Å². The summed E-state index contributed by atoms with van der Waals surface area (Å²) in [5, 5.41) is 9.95. The highest BCUT2D eigenvalue weighted by molar-refractivity contribution is 7.71. The second-order valence-electron chi connectivity index (χ2n) is 2.62. The molecule has 0 spiro atoms. The minimum atomic E-state index is 0.387. The Hall–Kier alpha value is -1.69. The highest BCUT2D eigenvalue weighted by Crippen LogP contribution is 2.14. The number of aromatic amines is 1. The third kappa shape index (κ3) is 1.51. The molecule has 2 aromatic rings. The molecule has 14 heavy (non-hydrogen) atoms. The molecule has 0 fully saturated rings. The van der Waals surface area contributed by atoms with Crippen LogP contribution >= 0.6 is 12.2 Å². The van der Waals surface area contributed by atoms with Crippen molar-refractivity contribution in [3.05, 3.63) is 29.0 Å². The quantitative estimate of drug-likeness (QED) is 0.756. The average molecular weight is 208 g/mol. The van der Waals surface area contributed by atoms with Crippen LogP contribution in [0, 0.1) is 4.77 Å². The van der Waals surface area contributed by atoms with Crippen molar-refractivity contribution in [2.75, 3.05) is 7.11 Å². The van der Waals surface area contributed by atoms with Crippen LogP contribution < -0.4 is 4.74 Å². The molecule has 6 heteroatoms. The van der Waals surface area contributed by atoms with E-state index in [2.05, 4.69) is 15.5 Å². The van der Waals surface area contributed by atoms with Gasteiger partial charge in [-0.1, -0.05) is 16.4 Å². The van der Waals surface area contributed by atoms with E-state index in [9.17, 15) is 0 Å². The Morgan fingerprint density at radius 3 is 3.00 bits per heavy atom. The molecular formula is C8H8N4OS. The Balaban J connectivity index is 2.52. The molecule has 5 nitrogen and oxygen atoms in total. The molecular weight excluding hydrogens is 200 g/mol. The Morgan fingerprint density at radius 1 is 1.50 bits per heavy atom. The van der Waals surface area contributed by atoms with Gasteiger partial charge in [0.15, 0.2) is 0 Å². The molecule has 0 aliphatic rings. The van der Waals surface area contributed by atoms with E-state index < -0.39 is 0 Å². The number of nitrogens with one attached hydrogen (secondary N) is 1. The van der Waals surface area contributed by atoms with Crippen LogP contribution in [0.15, 0.2) is 24.3 Å². The first-order valence-corrected chi connectivity index (χ1v) is 4.36. The summed E-state index contributed by atoms with van der Waals surface area (Å²) in [7, 11) is 1.61. The Labute approximate surface area is 85.3 Å². The second-order valence-corrected chi connectivity index (χ2v) is 2.98. The van der Waals surface area contributed by atoms with Crippen LogP contribution in [0.2, 0.25) is 0 Å². The van der Waals surface area contributed by atoms with Crippen molar-refractivity contribution in [1.29, 1.82) is 0 Å². The summed E-state index contributed by atoms with van der Waals surface area (Å²) in [6.45, 7) is 0. The zero-order chi connectivity index (χ0) is 9.97. The van der Waals surface area contributed by atoms with Crippen molar-refractivity contribution in [1.82, 2.24) is 20.2 Å². The highest BCUT2D eigenvalue weighted by atomic mass is 32.1. The average Bonchev–Trinajstić information content (AvgIpc) is 2.65. The van der Waals surface area contributed by atoms with E-state index in [1.165, 1.54) is 0 Å². The van der Waals surface area contributed by atoms with Gasteiger partial charge in [-0.15, -0.1) is 0 Å². The topological polar surface area (TPSA) is 55.7 Å². The standard InChI is InChI=1S/C8H8N4OS/c1-13-7-4-2-3-6(5-7)12-8(14)9-10-11-12/h2-5H,1H3,(H,9,11,14). The molecule has 0 unspecified atom stereocenters. The van der Waals surface area contributed by atoms with Crippen molar-refractivity contribution in [2.24, 2.45) is 0 Å². The van der Waals surface area contributed by atoms with Gasteiger partial charge in [-0.05, 0) is 24.4 Å². The number of aromatic nitrogens is 4. The van der Waals surface area contributed by atoms with Gasteiger partial charge in [0, 0.05) is 6.07 Å². The fourth-order valence-corrected chi connectivity index (χ4v) is 1.30. The van der Waals surface area contributed by atoms with Crippen LogP contribution in [-0.2, 0) is 0 Å². The van der Waals surface area contributed by atoms with Gasteiger partial charge in [0.2, 0.25) is 4.77 Å². The predicted octanol–water partition coefficient (Wildman–Crippen LogP) is 1.33. The van der Waals surface area contributed by atoms with Gasteiger partial charge in [0.25, 0.3) is 0 Å². The molecule has 1 heterocycles. The van der Waals surface area contributed by atoms with Crippen LogP contribution in [0.4, 0.5) is 0 Å². The summed E-state index contributed by atoms with van der Waals surface area (Å²) < 4.78 is 7.07. The Morgan fingerprint density at radius 2 is 2.36 bits per heavy atom. The SMILES string of the molecule is COc1cccc(-n2[nH]nnc2=S)c1. The molecule has 1 N–H and O–H groups in total. The van der Waals surface area contributed by atoms with E-state index >= 15 is 0 Å². The fourth-order valence-electron chi connectivity index (χ4n) is 1.12. The molecule has 0 aliphatic carbocycles. The van der Waals surface area contributed by atoms with E-state index in [4.69, 9.17) is 17.0 Å². The second kappa shape index (κ2) is 3.59. The molecule has 0 saturated heterocycles. The predicted molar refractivity (Wildman–Crippen MR) is 53.1 cm³/mol. The number of benzene rings is 1. The minimum absolute atomic E-state index is 0.387. The molecule has 0 bridgehead atoms. The lowest BCUT2D eigenvalue weighted by Gasteiger charge is -2.03. The number of nitrogens with zero attached hydrogens (tertiary/aromatic N) is 3. The fraction of sp³-hybridized carbons (Fsp3) is 0.125. The molecule has 0 atom stereocenters. The van der Waals surface area contributed by atoms with Crippen molar-refractivity contribution < 1.29 is 4.74 Å².